The first-order chi connectivity index (χ1) is 6.86. The summed E-state index contributed by atoms with van der Waals surface area (Å²) >= 11 is 0. The van der Waals surface area contributed by atoms with E-state index < -0.39 is 0 Å². The van der Waals surface area contributed by atoms with E-state index in [1.54, 1.807) is 0 Å². The van der Waals surface area contributed by atoms with Crippen LogP contribution in [0.1, 0.15) is 12.5 Å². The normalized spacial score (nSPS) is 10.1. The molecule has 0 aromatic heterocycles. The summed E-state index contributed by atoms with van der Waals surface area (Å²) in [7, 11) is 0. The Labute approximate surface area is 84.8 Å². The standard InChI is InChI=1S/C11H17NO2/c1-2-13-7-8-14-11-5-3-10(9-12)4-6-11/h3-6H,2,7-9,12H2,1H3. The third kappa shape index (κ3) is 3.77. The minimum atomic E-state index is 0.569. The van der Waals surface area contributed by atoms with E-state index in [1.807, 2.05) is 31.2 Å². The summed E-state index contributed by atoms with van der Waals surface area (Å²) in [4.78, 5) is 0. The van der Waals surface area contributed by atoms with Gasteiger partial charge in [-0.25, -0.2) is 0 Å². The van der Waals surface area contributed by atoms with Crippen LogP contribution in [-0.4, -0.2) is 19.8 Å². The summed E-state index contributed by atoms with van der Waals surface area (Å²) in [5.74, 6) is 0.863. The fraction of sp³-hybridized carbons (Fsp3) is 0.455. The highest BCUT2D eigenvalue weighted by Crippen LogP contribution is 2.11. The lowest BCUT2D eigenvalue weighted by molar-refractivity contribution is 0.110. The largest absolute Gasteiger partial charge is 0.491 e. The van der Waals surface area contributed by atoms with Gasteiger partial charge in [0.2, 0.25) is 0 Å². The van der Waals surface area contributed by atoms with Crippen molar-refractivity contribution in [2.45, 2.75) is 13.5 Å². The van der Waals surface area contributed by atoms with E-state index in [9.17, 15) is 0 Å². The summed E-state index contributed by atoms with van der Waals surface area (Å²) in [6.45, 7) is 4.50. The molecule has 0 bridgehead atoms. The zero-order valence-electron chi connectivity index (χ0n) is 8.53. The molecule has 0 saturated heterocycles. The molecule has 0 radical (unpaired) electrons. The molecular formula is C11H17NO2. The van der Waals surface area contributed by atoms with Crippen LogP contribution >= 0.6 is 0 Å². The van der Waals surface area contributed by atoms with Crippen molar-refractivity contribution in [1.29, 1.82) is 0 Å². The number of benzene rings is 1. The Bertz CT molecular complexity index is 246. The van der Waals surface area contributed by atoms with Crippen LogP contribution in [0, 0.1) is 0 Å². The third-order valence-corrected chi connectivity index (χ3v) is 1.86. The van der Waals surface area contributed by atoms with Gasteiger partial charge in [-0.15, -0.1) is 0 Å². The first kappa shape index (κ1) is 11.0. The quantitative estimate of drug-likeness (QED) is 0.701. The minimum absolute atomic E-state index is 0.569. The Morgan fingerprint density at radius 3 is 2.43 bits per heavy atom. The SMILES string of the molecule is CCOCCOc1ccc(CN)cc1. The molecular weight excluding hydrogens is 178 g/mol. The Balaban J connectivity index is 2.29. The molecule has 0 heterocycles. The van der Waals surface area contributed by atoms with E-state index in [-0.39, 0.29) is 0 Å². The minimum Gasteiger partial charge on any atom is -0.491 e. The van der Waals surface area contributed by atoms with E-state index in [0.717, 1.165) is 17.9 Å². The summed E-state index contributed by atoms with van der Waals surface area (Å²) in [6, 6.07) is 7.79. The average Bonchev–Trinajstić information content (AvgIpc) is 2.25. The van der Waals surface area contributed by atoms with Gasteiger partial charge < -0.3 is 15.2 Å². The maximum atomic E-state index is 5.48. The Morgan fingerprint density at radius 2 is 1.86 bits per heavy atom. The predicted molar refractivity (Wildman–Crippen MR) is 56.3 cm³/mol. The monoisotopic (exact) mass is 195 g/mol. The van der Waals surface area contributed by atoms with Gasteiger partial charge in [0.1, 0.15) is 12.4 Å². The van der Waals surface area contributed by atoms with Gasteiger partial charge in [-0.3, -0.25) is 0 Å². The molecule has 1 rings (SSSR count). The second kappa shape index (κ2) is 6.40. The zero-order valence-corrected chi connectivity index (χ0v) is 8.53. The van der Waals surface area contributed by atoms with E-state index in [4.69, 9.17) is 15.2 Å². The molecule has 78 valence electrons. The number of ether oxygens (including phenoxy) is 2. The summed E-state index contributed by atoms with van der Waals surface area (Å²) in [6.07, 6.45) is 0. The highest BCUT2D eigenvalue weighted by molar-refractivity contribution is 5.26. The van der Waals surface area contributed by atoms with Crippen LogP contribution in [0.2, 0.25) is 0 Å². The first-order valence-electron chi connectivity index (χ1n) is 4.86. The van der Waals surface area contributed by atoms with E-state index in [0.29, 0.717) is 19.8 Å². The number of hydrogen-bond acceptors (Lipinski definition) is 3. The molecule has 0 aliphatic carbocycles. The van der Waals surface area contributed by atoms with Crippen LogP contribution in [-0.2, 0) is 11.3 Å². The highest BCUT2D eigenvalue weighted by atomic mass is 16.5. The van der Waals surface area contributed by atoms with Crippen LogP contribution in [0.15, 0.2) is 24.3 Å². The lowest BCUT2D eigenvalue weighted by atomic mass is 10.2. The van der Waals surface area contributed by atoms with E-state index >= 15 is 0 Å². The average molecular weight is 195 g/mol. The summed E-state index contributed by atoms with van der Waals surface area (Å²) in [5, 5.41) is 0. The predicted octanol–water partition coefficient (Wildman–Crippen LogP) is 1.56. The van der Waals surface area contributed by atoms with Crippen LogP contribution in [0.5, 0.6) is 5.75 Å². The lowest BCUT2D eigenvalue weighted by Gasteiger charge is -2.06. The van der Waals surface area contributed by atoms with Crippen LogP contribution in [0.4, 0.5) is 0 Å². The van der Waals surface area contributed by atoms with Gasteiger partial charge in [-0.2, -0.15) is 0 Å². The van der Waals surface area contributed by atoms with Gasteiger partial charge in [0, 0.05) is 13.2 Å². The summed E-state index contributed by atoms with van der Waals surface area (Å²) in [5.41, 5.74) is 6.59. The molecule has 3 heteroatoms. The molecule has 0 atom stereocenters. The van der Waals surface area contributed by atoms with Crippen molar-refractivity contribution in [2.24, 2.45) is 5.73 Å². The molecule has 1 aromatic rings. The molecule has 2 N–H and O–H groups in total. The molecule has 0 fully saturated rings. The van der Waals surface area contributed by atoms with Crippen molar-refractivity contribution in [3.63, 3.8) is 0 Å². The lowest BCUT2D eigenvalue weighted by Crippen LogP contribution is -2.06. The molecule has 0 unspecified atom stereocenters. The smallest absolute Gasteiger partial charge is 0.119 e. The molecule has 0 amide bonds. The number of nitrogens with two attached hydrogens (primary N) is 1. The van der Waals surface area contributed by atoms with Crippen molar-refractivity contribution < 1.29 is 9.47 Å². The fourth-order valence-corrected chi connectivity index (χ4v) is 1.08. The maximum Gasteiger partial charge on any atom is 0.119 e. The molecule has 0 saturated carbocycles. The van der Waals surface area contributed by atoms with Crippen molar-refractivity contribution in [3.8, 4) is 5.75 Å². The Kier molecular flexibility index (Phi) is 5.04. The van der Waals surface area contributed by atoms with Crippen molar-refractivity contribution in [2.75, 3.05) is 19.8 Å². The van der Waals surface area contributed by atoms with Crippen molar-refractivity contribution in [3.05, 3.63) is 29.8 Å². The highest BCUT2D eigenvalue weighted by Gasteiger charge is 1.93. The Morgan fingerprint density at radius 1 is 1.14 bits per heavy atom. The van der Waals surface area contributed by atoms with Crippen molar-refractivity contribution >= 4 is 0 Å². The topological polar surface area (TPSA) is 44.5 Å². The van der Waals surface area contributed by atoms with Crippen LogP contribution in [0.25, 0.3) is 0 Å². The van der Waals surface area contributed by atoms with Gasteiger partial charge in [-0.1, -0.05) is 12.1 Å². The van der Waals surface area contributed by atoms with Gasteiger partial charge >= 0.3 is 0 Å². The first-order valence-corrected chi connectivity index (χ1v) is 4.86. The second-order valence-corrected chi connectivity index (χ2v) is 2.89. The van der Waals surface area contributed by atoms with Crippen LogP contribution < -0.4 is 10.5 Å². The molecule has 0 spiro atoms. The third-order valence-electron chi connectivity index (χ3n) is 1.86. The second-order valence-electron chi connectivity index (χ2n) is 2.89. The van der Waals surface area contributed by atoms with E-state index in [2.05, 4.69) is 0 Å². The van der Waals surface area contributed by atoms with Gasteiger partial charge in [0.25, 0.3) is 0 Å². The van der Waals surface area contributed by atoms with Crippen LogP contribution in [0.3, 0.4) is 0 Å². The molecule has 1 aromatic carbocycles. The van der Waals surface area contributed by atoms with Gasteiger partial charge in [0.05, 0.1) is 6.61 Å². The molecule has 14 heavy (non-hydrogen) atoms. The van der Waals surface area contributed by atoms with Gasteiger partial charge in [0.15, 0.2) is 0 Å². The Hall–Kier alpha value is -1.06. The van der Waals surface area contributed by atoms with Crippen molar-refractivity contribution in [1.82, 2.24) is 0 Å². The zero-order chi connectivity index (χ0) is 10.2. The van der Waals surface area contributed by atoms with Gasteiger partial charge in [-0.05, 0) is 24.6 Å². The molecule has 0 aliphatic heterocycles. The summed E-state index contributed by atoms with van der Waals surface area (Å²) < 4.78 is 10.6. The fourth-order valence-electron chi connectivity index (χ4n) is 1.08. The maximum absolute atomic E-state index is 5.48. The molecule has 0 aliphatic rings. The van der Waals surface area contributed by atoms with E-state index in [1.165, 1.54) is 0 Å². The number of rotatable bonds is 6. The number of hydrogen-bond donors (Lipinski definition) is 1. The molecule has 3 nitrogen and oxygen atoms in total.